The van der Waals surface area contributed by atoms with E-state index in [0.717, 1.165) is 95.6 Å². The number of hydrogen-bond acceptors (Lipinski definition) is 18. The number of nitrogens with one attached hydrogen (secondary N) is 6. The summed E-state index contributed by atoms with van der Waals surface area (Å²) in [6.45, 7) is 6.85. The average molecular weight is 1630 g/mol. The molecule has 6 N–H and O–H groups in total. The molecule has 32 heteroatoms. The van der Waals surface area contributed by atoms with Crippen molar-refractivity contribution in [3.8, 4) is 45.3 Å². The van der Waals surface area contributed by atoms with Gasteiger partial charge in [0.2, 0.25) is 0 Å². The highest BCUT2D eigenvalue weighted by atomic mass is 79.9. The van der Waals surface area contributed by atoms with E-state index in [4.69, 9.17) is 27.1 Å². The van der Waals surface area contributed by atoms with Crippen LogP contribution in [0.4, 0.5) is 4.39 Å². The van der Waals surface area contributed by atoms with Crippen molar-refractivity contribution in [3.63, 3.8) is 0 Å². The number of nitrogens with zero attached hydrogens (tertiary/aromatic N) is 12. The quantitative estimate of drug-likeness (QED) is 0.0389. The van der Waals surface area contributed by atoms with Gasteiger partial charge >= 0.3 is 0 Å². The van der Waals surface area contributed by atoms with E-state index < -0.39 is 11.4 Å². The number of aromatic nitrogens is 18. The number of imidazole rings is 6. The summed E-state index contributed by atoms with van der Waals surface area (Å²) in [7, 11) is 0. The molecule has 592 valence electrons. The predicted molar refractivity (Wildman–Crippen MR) is 430 cm³/mol. The first-order chi connectivity index (χ1) is 56.6. The molecule has 12 aromatic heterocycles. The van der Waals surface area contributed by atoms with Gasteiger partial charge in [0.25, 0.3) is 33.4 Å². The van der Waals surface area contributed by atoms with Crippen LogP contribution in [0.15, 0.2) is 306 Å². The second kappa shape index (κ2) is 37.9. The van der Waals surface area contributed by atoms with Crippen LogP contribution in [0.25, 0.3) is 45.3 Å². The summed E-state index contributed by atoms with van der Waals surface area (Å²) in [4.78, 5) is 90.5. The lowest BCUT2D eigenvalue weighted by atomic mass is 9.81. The fourth-order valence-electron chi connectivity index (χ4n) is 13.4. The number of aryl methyl sites for hydroxylation is 1. The summed E-state index contributed by atoms with van der Waals surface area (Å²) < 4.78 is 57.5. The number of aromatic amines is 6. The SMILES string of the molecule is CCc1cc(-c2cc(=O)[nH]o2)ccc1Cn1ccnc1.O=c1cc(-c2ccc(Cn3ccnc3)c(Br)c2)o[nH]1.O=c1cc(-c2ccc(Cn3ccnc3)c(C3CC3)c2)o[nH]1.O=c1cc(-c2ccc(Cn3ccnc3)cc2F)o[nH]1.O=c1cc(C2CCC(Cn3ccnc3)CC2)o[nH]1.O=c1cc(Cc2ccc(Cn3ccnc3)cc2)o[nH]1. The molecular weight excluding hydrogens is 1550 g/mol. The van der Waals surface area contributed by atoms with Crippen molar-refractivity contribution in [1.82, 2.24) is 88.2 Å². The van der Waals surface area contributed by atoms with Gasteiger partial charge in [-0.15, -0.1) is 0 Å². The fourth-order valence-corrected chi connectivity index (χ4v) is 13.9. The first-order valence-corrected chi connectivity index (χ1v) is 38.1. The third kappa shape index (κ3) is 21.9. The van der Waals surface area contributed by atoms with E-state index >= 15 is 0 Å². The van der Waals surface area contributed by atoms with Crippen LogP contribution in [0, 0.1) is 11.7 Å². The summed E-state index contributed by atoms with van der Waals surface area (Å²) in [6, 6.07) is 39.9. The van der Waals surface area contributed by atoms with E-state index in [-0.39, 0.29) is 39.1 Å². The second-order valence-electron chi connectivity index (χ2n) is 27.9. The minimum atomic E-state index is -0.430. The molecule has 2 aliphatic carbocycles. The van der Waals surface area contributed by atoms with Crippen molar-refractivity contribution in [1.29, 1.82) is 0 Å². The summed E-state index contributed by atoms with van der Waals surface area (Å²) >= 11 is 3.53. The van der Waals surface area contributed by atoms with Crippen LogP contribution in [0.5, 0.6) is 0 Å². The Hall–Kier alpha value is -14.2. The largest absolute Gasteiger partial charge is 0.383 e. The van der Waals surface area contributed by atoms with Gasteiger partial charge in [-0.05, 0) is 132 Å². The van der Waals surface area contributed by atoms with E-state index in [1.54, 1.807) is 80.7 Å². The van der Waals surface area contributed by atoms with E-state index in [2.05, 4.69) is 129 Å². The van der Waals surface area contributed by atoms with Crippen LogP contribution >= 0.6 is 15.9 Å². The molecule has 0 unspecified atom stereocenters. The molecule has 17 aromatic rings. The molecule has 12 heterocycles. The summed E-state index contributed by atoms with van der Waals surface area (Å²) in [5.41, 5.74) is 10.9. The fraction of sp³-hybridized carbons (Fsp3) is 0.214. The highest BCUT2D eigenvalue weighted by Gasteiger charge is 2.28. The lowest BCUT2D eigenvalue weighted by Crippen LogP contribution is -2.17. The van der Waals surface area contributed by atoms with Crippen LogP contribution in [0.2, 0.25) is 0 Å². The maximum absolute atomic E-state index is 14.0. The molecule has 2 aliphatic rings. The van der Waals surface area contributed by atoms with Gasteiger partial charge in [-0.1, -0.05) is 89.6 Å². The second-order valence-corrected chi connectivity index (χ2v) is 28.7. The summed E-state index contributed by atoms with van der Waals surface area (Å²) in [5.74, 6) is 4.67. The molecule has 0 bridgehead atoms. The minimum absolute atomic E-state index is 0.134. The number of rotatable bonds is 21. The van der Waals surface area contributed by atoms with Gasteiger partial charge in [-0.3, -0.25) is 28.8 Å². The van der Waals surface area contributed by atoms with E-state index in [1.165, 1.54) is 89.9 Å². The van der Waals surface area contributed by atoms with E-state index in [0.29, 0.717) is 53.8 Å². The monoisotopic (exact) mass is 1630 g/mol. The molecule has 0 aliphatic heterocycles. The van der Waals surface area contributed by atoms with Crippen molar-refractivity contribution in [3.05, 3.63) is 374 Å². The highest BCUT2D eigenvalue weighted by molar-refractivity contribution is 9.10. The molecule has 0 spiro atoms. The van der Waals surface area contributed by atoms with Crippen LogP contribution in [0.3, 0.4) is 0 Å². The van der Waals surface area contributed by atoms with E-state index in [9.17, 15) is 33.2 Å². The van der Waals surface area contributed by atoms with Gasteiger partial charge < -0.3 is 54.5 Å². The third-order valence-electron chi connectivity index (χ3n) is 19.4. The summed E-state index contributed by atoms with van der Waals surface area (Å²) in [5, 5.41) is 13.7. The van der Waals surface area contributed by atoms with Crippen molar-refractivity contribution < 1.29 is 31.5 Å². The van der Waals surface area contributed by atoms with Crippen LogP contribution in [-0.4, -0.2) is 88.2 Å². The van der Waals surface area contributed by atoms with Gasteiger partial charge in [0.15, 0.2) is 23.0 Å². The van der Waals surface area contributed by atoms with Gasteiger partial charge in [-0.2, -0.15) is 30.9 Å². The van der Waals surface area contributed by atoms with Crippen LogP contribution in [0.1, 0.15) is 113 Å². The highest BCUT2D eigenvalue weighted by Crippen LogP contribution is 2.43. The Bertz CT molecular complexity index is 6240. The Morgan fingerprint density at radius 2 is 0.793 bits per heavy atom. The standard InChI is InChI=1S/C16H15N3O2.C15H15N3O2.C14H13N3O2.C13H10BrN3O2.C13H10FN3O2.C13H17N3O2/c20-16-8-15(21-18-16)12-3-4-13(9-19-6-5-17-10-19)14(7-12)11-1-2-11;1-2-11-7-12(14-8-15(19)17-20-14)3-4-13(11)9-18-6-5-16-10-18;18-14-8-13(19-16-14)7-11-1-3-12(4-2-11)9-17-6-5-15-10-17;14-11-5-9(12-6-13(18)16-19-12)1-2-10(11)7-17-4-3-15-8-17;14-11-5-9(7-17-4-3-15-8-17)1-2-10(11)12-6-13(18)16-19-12;17-13-7-12(18-15-13)11-3-1-10(2-4-11)8-16-6-5-14-9-16/h3-8,10-11H,1-2,9H2,(H,18,20);3-8,10H,2,9H2,1H3,(H,17,19);1-6,8,10H,7,9H2,(H,16,18);2*1-6,8H,7H2,(H,16,18);5-7,9-11H,1-4,8H2,(H,15,17). The molecule has 19 rings (SSSR count). The Morgan fingerprint density at radius 3 is 1.25 bits per heavy atom. The maximum atomic E-state index is 14.0. The zero-order valence-electron chi connectivity index (χ0n) is 62.7. The average Bonchev–Trinajstić information content (AvgIpc) is 1.63. The molecule has 116 heavy (non-hydrogen) atoms. The normalized spacial score (nSPS) is 13.5. The summed E-state index contributed by atoms with van der Waals surface area (Å²) in [6.07, 6.45) is 41.4. The smallest absolute Gasteiger partial charge is 0.280 e. The van der Waals surface area contributed by atoms with Crippen molar-refractivity contribution in [2.75, 3.05) is 0 Å². The number of hydrogen-bond donors (Lipinski definition) is 6. The maximum Gasteiger partial charge on any atom is 0.280 e. The van der Waals surface area contributed by atoms with Crippen LogP contribution < -0.4 is 33.4 Å². The number of H-pyrrole nitrogens is 6. The molecule has 0 saturated heterocycles. The predicted octanol–water partition coefficient (Wildman–Crippen LogP) is 13.8. The molecule has 2 fully saturated rings. The van der Waals surface area contributed by atoms with Crippen molar-refractivity contribution in [2.45, 2.75) is 109 Å². The number of halogens is 2. The van der Waals surface area contributed by atoms with Crippen molar-refractivity contribution in [2.24, 2.45) is 5.92 Å². The molecular formula is C84H80BrFN18O12. The van der Waals surface area contributed by atoms with Gasteiger partial charge in [0.1, 0.15) is 17.3 Å². The Balaban J connectivity index is 0.000000115. The van der Waals surface area contributed by atoms with Gasteiger partial charge in [-0.25, -0.2) is 34.3 Å². The van der Waals surface area contributed by atoms with Crippen molar-refractivity contribution >= 4 is 15.9 Å². The topological polar surface area (TPSA) is 383 Å². The molecule has 0 atom stereocenters. The zero-order chi connectivity index (χ0) is 80.1. The Kier molecular flexibility index (Phi) is 25.7. The third-order valence-corrected chi connectivity index (χ3v) is 20.2. The zero-order valence-corrected chi connectivity index (χ0v) is 64.3. The van der Waals surface area contributed by atoms with Gasteiger partial charge in [0.05, 0.1) is 67.8 Å². The Labute approximate surface area is 667 Å². The lowest BCUT2D eigenvalue weighted by molar-refractivity contribution is 0.258. The molecule has 5 aromatic carbocycles. The molecule has 0 radical (unpaired) electrons. The first kappa shape index (κ1) is 78.5. The van der Waals surface area contributed by atoms with Gasteiger partial charge in [0, 0.05) is 159 Å². The Morgan fingerprint density at radius 1 is 0.379 bits per heavy atom. The van der Waals surface area contributed by atoms with E-state index in [1.807, 2.05) is 111 Å². The molecule has 2 saturated carbocycles. The van der Waals surface area contributed by atoms with Crippen LogP contribution in [-0.2, 0) is 52.1 Å². The first-order valence-electron chi connectivity index (χ1n) is 37.4. The molecule has 30 nitrogen and oxygen atoms in total. The lowest BCUT2D eigenvalue weighted by Gasteiger charge is -2.27. The molecule has 0 amide bonds. The number of benzene rings is 5. The minimum Gasteiger partial charge on any atom is -0.383 e.